The first-order valence-electron chi connectivity index (χ1n) is 12.4. The van der Waals surface area contributed by atoms with Gasteiger partial charge in [-0.2, -0.15) is 0 Å². The van der Waals surface area contributed by atoms with Gasteiger partial charge in [0.1, 0.15) is 11.6 Å². The van der Waals surface area contributed by atoms with E-state index in [0.717, 1.165) is 46.0 Å². The number of benzene rings is 1. The first-order valence-corrected chi connectivity index (χ1v) is 14.7. The van der Waals surface area contributed by atoms with Gasteiger partial charge in [-0.15, -0.1) is 0 Å². The summed E-state index contributed by atoms with van der Waals surface area (Å²) in [5, 5.41) is 4.01. The topological polar surface area (TPSA) is 101 Å². The van der Waals surface area contributed by atoms with Crippen LogP contribution in [0.1, 0.15) is 40.3 Å². The van der Waals surface area contributed by atoms with Crippen LogP contribution in [0.2, 0.25) is 0 Å². The van der Waals surface area contributed by atoms with E-state index in [-0.39, 0.29) is 12.1 Å². The second kappa shape index (κ2) is 10.3. The Morgan fingerprint density at radius 2 is 1.79 bits per heavy atom. The minimum Gasteiger partial charge on any atom is -0.494 e. The Morgan fingerprint density at radius 1 is 1.03 bits per heavy atom. The van der Waals surface area contributed by atoms with Crippen molar-refractivity contribution in [1.82, 2.24) is 19.9 Å². The summed E-state index contributed by atoms with van der Waals surface area (Å²) in [6, 6.07) is 16.8. The molecule has 0 unspecified atom stereocenters. The predicted octanol–water partition coefficient (Wildman–Crippen LogP) is 4.75. The second-order valence-electron chi connectivity index (χ2n) is 9.56. The number of aromatic nitrogens is 3. The number of pyridine rings is 2. The van der Waals surface area contributed by atoms with Gasteiger partial charge in [0, 0.05) is 35.5 Å². The molecule has 39 heavy (non-hydrogen) atoms. The summed E-state index contributed by atoms with van der Waals surface area (Å²) in [6.45, 7) is 6.21. The first-order chi connectivity index (χ1) is 18.6. The van der Waals surface area contributed by atoms with E-state index in [1.165, 1.54) is 7.11 Å². The van der Waals surface area contributed by atoms with E-state index in [4.69, 9.17) is 17.0 Å². The number of aryl methyl sites for hydroxylation is 2. The van der Waals surface area contributed by atoms with Crippen molar-refractivity contribution in [2.75, 3.05) is 23.0 Å². The minimum atomic E-state index is -3.49. The van der Waals surface area contributed by atoms with Crippen molar-refractivity contribution in [3.05, 3.63) is 95.2 Å². The van der Waals surface area contributed by atoms with Gasteiger partial charge in [0.05, 0.1) is 36.8 Å². The van der Waals surface area contributed by atoms with E-state index >= 15 is 0 Å². The van der Waals surface area contributed by atoms with Gasteiger partial charge in [-0.3, -0.25) is 9.71 Å². The first kappa shape index (κ1) is 26.6. The molecule has 1 fully saturated rings. The summed E-state index contributed by atoms with van der Waals surface area (Å²) in [4.78, 5) is 11.4. The maximum atomic E-state index is 11.9. The van der Waals surface area contributed by atoms with Crippen molar-refractivity contribution >= 4 is 38.7 Å². The average Bonchev–Trinajstić information content (AvgIpc) is 3.39. The number of nitrogens with one attached hydrogen (secondary N) is 2. The Morgan fingerprint density at radius 3 is 2.46 bits per heavy atom. The van der Waals surface area contributed by atoms with Crippen LogP contribution in [0.15, 0.2) is 67.0 Å². The number of rotatable bonds is 7. The summed E-state index contributed by atoms with van der Waals surface area (Å²) in [5.41, 5.74) is 6.19. The lowest BCUT2D eigenvalue weighted by Gasteiger charge is -2.29. The molecule has 11 heteroatoms. The van der Waals surface area contributed by atoms with Crippen molar-refractivity contribution < 1.29 is 13.2 Å². The molecule has 1 saturated heterocycles. The van der Waals surface area contributed by atoms with E-state index in [0.29, 0.717) is 16.5 Å². The third-order valence-electron chi connectivity index (χ3n) is 6.84. The average molecular weight is 563 g/mol. The number of thiocarbonyl (C=S) groups is 1. The normalized spacial score (nSPS) is 17.3. The number of methoxy groups -OCH3 is 1. The zero-order valence-corrected chi connectivity index (χ0v) is 24.0. The fourth-order valence-electron chi connectivity index (χ4n) is 5.19. The molecular weight excluding hydrogens is 532 g/mol. The molecule has 1 aliphatic heterocycles. The largest absolute Gasteiger partial charge is 0.494 e. The lowest BCUT2D eigenvalue weighted by molar-refractivity contribution is 0.417. The van der Waals surface area contributed by atoms with E-state index in [2.05, 4.69) is 57.5 Å². The fraction of sp³-hybridized carbons (Fsp3) is 0.250. The molecule has 4 heterocycles. The molecule has 4 aromatic rings. The Labute approximate surface area is 233 Å². The fourth-order valence-corrected chi connectivity index (χ4v) is 6.10. The van der Waals surface area contributed by atoms with Crippen LogP contribution >= 0.6 is 12.2 Å². The molecule has 1 aliphatic rings. The summed E-state index contributed by atoms with van der Waals surface area (Å²) in [5.74, 6) is 1.27. The Kier molecular flexibility index (Phi) is 7.04. The lowest BCUT2D eigenvalue weighted by atomic mass is 9.96. The highest BCUT2D eigenvalue weighted by molar-refractivity contribution is 7.92. The van der Waals surface area contributed by atoms with Gasteiger partial charge in [0.2, 0.25) is 10.0 Å². The number of sulfonamides is 1. The van der Waals surface area contributed by atoms with Gasteiger partial charge in [-0.1, -0.05) is 12.1 Å². The van der Waals surface area contributed by atoms with Crippen LogP contribution in [-0.2, 0) is 10.0 Å². The zero-order chi connectivity index (χ0) is 27.9. The molecular formula is C28H30N6O3S2. The van der Waals surface area contributed by atoms with Crippen LogP contribution in [-0.4, -0.2) is 41.4 Å². The Balaban J connectivity index is 1.67. The van der Waals surface area contributed by atoms with Crippen LogP contribution in [0.25, 0.3) is 5.82 Å². The SMILES string of the molecule is COc1cc(N2C(=S)N[C@@H](c3ccccn3)[C@@H]2c2cc(C)n(-c3ncccc3C)c2C)ccc1NS(C)(=O)=O. The molecule has 1 aromatic carbocycles. The van der Waals surface area contributed by atoms with Crippen molar-refractivity contribution in [3.8, 4) is 11.6 Å². The number of nitrogens with zero attached hydrogens (tertiary/aromatic N) is 4. The van der Waals surface area contributed by atoms with Crippen LogP contribution < -0.4 is 19.7 Å². The van der Waals surface area contributed by atoms with Crippen molar-refractivity contribution in [3.63, 3.8) is 0 Å². The molecule has 5 rings (SSSR count). The number of hydrogen-bond donors (Lipinski definition) is 2. The number of ether oxygens (including phenoxy) is 1. The molecule has 0 spiro atoms. The van der Waals surface area contributed by atoms with Crippen molar-refractivity contribution in [2.45, 2.75) is 32.9 Å². The predicted molar refractivity (Wildman–Crippen MR) is 157 cm³/mol. The molecule has 2 atom stereocenters. The highest BCUT2D eigenvalue weighted by Crippen LogP contribution is 2.45. The van der Waals surface area contributed by atoms with E-state index in [1.807, 2.05) is 35.2 Å². The van der Waals surface area contributed by atoms with E-state index in [9.17, 15) is 8.42 Å². The quantitative estimate of drug-likeness (QED) is 0.311. The van der Waals surface area contributed by atoms with E-state index < -0.39 is 10.0 Å². The monoisotopic (exact) mass is 562 g/mol. The highest BCUT2D eigenvalue weighted by Gasteiger charge is 2.42. The molecule has 0 bridgehead atoms. The third kappa shape index (κ3) is 5.07. The third-order valence-corrected chi connectivity index (χ3v) is 7.74. The molecule has 9 nitrogen and oxygen atoms in total. The molecule has 0 amide bonds. The molecule has 0 saturated carbocycles. The van der Waals surface area contributed by atoms with Gasteiger partial charge in [-0.05, 0) is 80.5 Å². The maximum absolute atomic E-state index is 11.9. The van der Waals surface area contributed by atoms with Crippen LogP contribution in [0.3, 0.4) is 0 Å². The van der Waals surface area contributed by atoms with Gasteiger partial charge < -0.3 is 19.5 Å². The van der Waals surface area contributed by atoms with Gasteiger partial charge >= 0.3 is 0 Å². The van der Waals surface area contributed by atoms with Gasteiger partial charge in [0.15, 0.2) is 5.11 Å². The van der Waals surface area contributed by atoms with E-state index in [1.54, 1.807) is 24.5 Å². The number of hydrogen-bond acceptors (Lipinski definition) is 6. The van der Waals surface area contributed by atoms with Crippen LogP contribution in [0.4, 0.5) is 11.4 Å². The second-order valence-corrected chi connectivity index (χ2v) is 11.7. The molecule has 3 aromatic heterocycles. The smallest absolute Gasteiger partial charge is 0.229 e. The summed E-state index contributed by atoms with van der Waals surface area (Å²) < 4.78 is 34.0. The summed E-state index contributed by atoms with van der Waals surface area (Å²) in [6.07, 6.45) is 4.68. The Hall–Kier alpha value is -3.96. The summed E-state index contributed by atoms with van der Waals surface area (Å²) in [7, 11) is -1.98. The van der Waals surface area contributed by atoms with Crippen molar-refractivity contribution in [1.29, 1.82) is 0 Å². The number of anilines is 2. The lowest BCUT2D eigenvalue weighted by Crippen LogP contribution is -2.29. The Bertz CT molecular complexity index is 1650. The minimum absolute atomic E-state index is 0.239. The van der Waals surface area contributed by atoms with Gasteiger partial charge in [0.25, 0.3) is 0 Å². The molecule has 202 valence electrons. The standard InChI is InChI=1S/C28H30N6O3S2/c1-17-9-8-14-30-27(17)33-18(2)15-21(19(33)3)26-25(23-10-6-7-13-29-23)31-28(38)34(26)20-11-12-22(24(16-20)37-4)32-39(5,35)36/h6-16,25-26,32H,1-5H3,(H,31,38)/t25-,26-/m0/s1. The molecule has 0 radical (unpaired) electrons. The van der Waals surface area contributed by atoms with Crippen molar-refractivity contribution in [2.24, 2.45) is 0 Å². The highest BCUT2D eigenvalue weighted by atomic mass is 32.2. The zero-order valence-electron chi connectivity index (χ0n) is 22.3. The molecule has 0 aliphatic carbocycles. The van der Waals surface area contributed by atoms with Gasteiger partial charge in [-0.25, -0.2) is 13.4 Å². The molecule has 2 N–H and O–H groups in total. The van der Waals surface area contributed by atoms with Crippen LogP contribution in [0, 0.1) is 20.8 Å². The maximum Gasteiger partial charge on any atom is 0.229 e. The summed E-state index contributed by atoms with van der Waals surface area (Å²) >= 11 is 5.89. The van der Waals surface area contributed by atoms with Crippen LogP contribution in [0.5, 0.6) is 5.75 Å².